The predicted molar refractivity (Wildman–Crippen MR) is 71.9 cm³/mol. The van der Waals surface area contributed by atoms with Crippen LogP contribution in [0.25, 0.3) is 0 Å². The average molecular weight is 248 g/mol. The van der Waals surface area contributed by atoms with Crippen molar-refractivity contribution in [3.05, 3.63) is 52.5 Å². The molecule has 0 unspecified atom stereocenters. The van der Waals surface area contributed by atoms with Gasteiger partial charge in [-0.15, -0.1) is 0 Å². The van der Waals surface area contributed by atoms with Crippen LogP contribution >= 0.6 is 11.6 Å². The Morgan fingerprint density at radius 3 is 2.53 bits per heavy atom. The zero-order valence-electron chi connectivity index (χ0n) is 9.83. The largest absolute Gasteiger partial charge is 0.455 e. The molecule has 2 rings (SSSR count). The van der Waals surface area contributed by atoms with Crippen molar-refractivity contribution in [2.24, 2.45) is 0 Å². The molecule has 0 bridgehead atoms. The van der Waals surface area contributed by atoms with Gasteiger partial charge in [0.15, 0.2) is 5.75 Å². The quantitative estimate of drug-likeness (QED) is 0.802. The highest BCUT2D eigenvalue weighted by molar-refractivity contribution is 6.30. The Kier molecular flexibility index (Phi) is 3.25. The zero-order valence-corrected chi connectivity index (χ0v) is 10.6. The number of hydrogen-bond donors (Lipinski definition) is 1. The van der Waals surface area contributed by atoms with E-state index in [0.717, 1.165) is 16.9 Å². The monoisotopic (exact) mass is 247 g/mol. The first-order valence-corrected chi connectivity index (χ1v) is 5.74. The van der Waals surface area contributed by atoms with E-state index in [1.54, 1.807) is 6.07 Å². The van der Waals surface area contributed by atoms with Gasteiger partial charge in [0.1, 0.15) is 5.75 Å². The van der Waals surface area contributed by atoms with E-state index in [2.05, 4.69) is 0 Å². The Morgan fingerprint density at radius 1 is 1.00 bits per heavy atom. The molecule has 0 amide bonds. The van der Waals surface area contributed by atoms with Gasteiger partial charge in [0.25, 0.3) is 0 Å². The van der Waals surface area contributed by atoms with E-state index < -0.39 is 0 Å². The second-order valence-corrected chi connectivity index (χ2v) is 4.49. The van der Waals surface area contributed by atoms with Crippen LogP contribution < -0.4 is 10.5 Å². The van der Waals surface area contributed by atoms with E-state index in [1.165, 1.54) is 0 Å². The van der Waals surface area contributed by atoms with Gasteiger partial charge in [-0.3, -0.25) is 0 Å². The summed E-state index contributed by atoms with van der Waals surface area (Å²) in [6, 6.07) is 11.2. The van der Waals surface area contributed by atoms with E-state index >= 15 is 0 Å². The average Bonchev–Trinajstić information content (AvgIpc) is 2.28. The second-order valence-electron chi connectivity index (χ2n) is 4.05. The summed E-state index contributed by atoms with van der Waals surface area (Å²) in [6.07, 6.45) is 0. The number of halogens is 1. The van der Waals surface area contributed by atoms with Crippen LogP contribution in [0.4, 0.5) is 5.69 Å². The summed E-state index contributed by atoms with van der Waals surface area (Å²) < 4.78 is 5.79. The van der Waals surface area contributed by atoms with Crippen molar-refractivity contribution in [3.63, 3.8) is 0 Å². The molecule has 0 heterocycles. The summed E-state index contributed by atoms with van der Waals surface area (Å²) in [4.78, 5) is 0. The van der Waals surface area contributed by atoms with Crippen molar-refractivity contribution in [1.29, 1.82) is 0 Å². The lowest BCUT2D eigenvalue weighted by Gasteiger charge is -2.11. The number of nitrogen functional groups attached to an aromatic ring is 1. The van der Waals surface area contributed by atoms with Crippen LogP contribution in [0.15, 0.2) is 36.4 Å². The number of anilines is 1. The van der Waals surface area contributed by atoms with Crippen LogP contribution in [0.3, 0.4) is 0 Å². The van der Waals surface area contributed by atoms with Crippen molar-refractivity contribution >= 4 is 17.3 Å². The molecule has 0 aliphatic heterocycles. The van der Waals surface area contributed by atoms with Gasteiger partial charge in [-0.05, 0) is 49.2 Å². The molecule has 0 aliphatic carbocycles. The first-order chi connectivity index (χ1) is 8.06. The normalized spacial score (nSPS) is 10.3. The number of nitrogens with two attached hydrogens (primary N) is 1. The molecule has 2 aromatic carbocycles. The molecule has 0 saturated carbocycles. The van der Waals surface area contributed by atoms with Crippen LogP contribution in [-0.4, -0.2) is 0 Å². The van der Waals surface area contributed by atoms with Crippen LogP contribution in [0.2, 0.25) is 5.02 Å². The van der Waals surface area contributed by atoms with E-state index in [0.29, 0.717) is 16.5 Å². The van der Waals surface area contributed by atoms with Crippen molar-refractivity contribution in [2.45, 2.75) is 13.8 Å². The van der Waals surface area contributed by atoms with Gasteiger partial charge in [0.05, 0.1) is 5.69 Å². The highest BCUT2D eigenvalue weighted by Gasteiger charge is 2.05. The van der Waals surface area contributed by atoms with Crippen molar-refractivity contribution < 1.29 is 4.74 Å². The molecule has 2 N–H and O–H groups in total. The molecule has 0 aliphatic rings. The minimum Gasteiger partial charge on any atom is -0.455 e. The van der Waals surface area contributed by atoms with Crippen LogP contribution in [0.1, 0.15) is 11.1 Å². The summed E-state index contributed by atoms with van der Waals surface area (Å²) in [5, 5.41) is 0.650. The fourth-order valence-electron chi connectivity index (χ4n) is 1.53. The predicted octanol–water partition coefficient (Wildman–Crippen LogP) is 4.33. The molecule has 88 valence electrons. The third kappa shape index (κ3) is 2.71. The third-order valence-electron chi connectivity index (χ3n) is 2.54. The Morgan fingerprint density at radius 2 is 1.76 bits per heavy atom. The number of ether oxygens (including phenoxy) is 1. The lowest BCUT2D eigenvalue weighted by atomic mass is 10.2. The molecule has 3 heteroatoms. The summed E-state index contributed by atoms with van der Waals surface area (Å²) in [6.45, 7) is 3.97. The lowest BCUT2D eigenvalue weighted by molar-refractivity contribution is 0.481. The Hall–Kier alpha value is -1.67. The van der Waals surface area contributed by atoms with E-state index in [1.807, 2.05) is 44.2 Å². The molecule has 0 spiro atoms. The van der Waals surface area contributed by atoms with Crippen LogP contribution in [-0.2, 0) is 0 Å². The smallest absolute Gasteiger partial charge is 0.150 e. The maximum absolute atomic E-state index is 5.94. The number of aryl methyl sites for hydroxylation is 2. The Bertz CT molecular complexity index is 502. The molecular weight excluding hydrogens is 234 g/mol. The minimum absolute atomic E-state index is 0.620. The molecule has 0 fully saturated rings. The molecule has 0 radical (unpaired) electrons. The summed E-state index contributed by atoms with van der Waals surface area (Å²) >= 11 is 5.94. The standard InChI is InChI=1S/C14H14ClNO/c1-9-3-6-12(16)14(7-9)17-13-8-11(15)5-4-10(13)2/h3-8H,16H2,1-2H3. The molecule has 17 heavy (non-hydrogen) atoms. The molecule has 0 atom stereocenters. The molecule has 2 nitrogen and oxygen atoms in total. The van der Waals surface area contributed by atoms with Gasteiger partial charge in [-0.25, -0.2) is 0 Å². The summed E-state index contributed by atoms with van der Waals surface area (Å²) in [7, 11) is 0. The molecule has 0 saturated heterocycles. The van der Waals surface area contributed by atoms with Gasteiger partial charge in [-0.1, -0.05) is 23.7 Å². The minimum atomic E-state index is 0.620. The van der Waals surface area contributed by atoms with Gasteiger partial charge < -0.3 is 10.5 Å². The number of hydrogen-bond acceptors (Lipinski definition) is 2. The lowest BCUT2D eigenvalue weighted by Crippen LogP contribution is -1.94. The molecule has 2 aromatic rings. The number of rotatable bonds is 2. The van der Waals surface area contributed by atoms with Gasteiger partial charge in [0.2, 0.25) is 0 Å². The SMILES string of the molecule is Cc1ccc(N)c(Oc2cc(Cl)ccc2C)c1. The van der Waals surface area contributed by atoms with Crippen molar-refractivity contribution in [1.82, 2.24) is 0 Å². The Labute approximate surface area is 106 Å². The topological polar surface area (TPSA) is 35.2 Å². The highest BCUT2D eigenvalue weighted by Crippen LogP contribution is 2.31. The van der Waals surface area contributed by atoms with Crippen LogP contribution in [0.5, 0.6) is 11.5 Å². The van der Waals surface area contributed by atoms with Gasteiger partial charge in [0, 0.05) is 5.02 Å². The third-order valence-corrected chi connectivity index (χ3v) is 2.77. The first-order valence-electron chi connectivity index (χ1n) is 5.36. The highest BCUT2D eigenvalue weighted by atomic mass is 35.5. The second kappa shape index (κ2) is 4.68. The van der Waals surface area contributed by atoms with Gasteiger partial charge in [-0.2, -0.15) is 0 Å². The maximum atomic E-state index is 5.94. The Balaban J connectivity index is 2.37. The molecule has 0 aromatic heterocycles. The van der Waals surface area contributed by atoms with Crippen molar-refractivity contribution in [2.75, 3.05) is 5.73 Å². The summed E-state index contributed by atoms with van der Waals surface area (Å²) in [5.41, 5.74) is 8.62. The fourth-order valence-corrected chi connectivity index (χ4v) is 1.69. The first kappa shape index (κ1) is 11.8. The zero-order chi connectivity index (χ0) is 12.4. The maximum Gasteiger partial charge on any atom is 0.150 e. The fraction of sp³-hybridized carbons (Fsp3) is 0.143. The van der Waals surface area contributed by atoms with E-state index in [-0.39, 0.29) is 0 Å². The van der Waals surface area contributed by atoms with Crippen molar-refractivity contribution in [3.8, 4) is 11.5 Å². The molecular formula is C14H14ClNO. The summed E-state index contributed by atoms with van der Waals surface area (Å²) in [5.74, 6) is 1.39. The van der Waals surface area contributed by atoms with Gasteiger partial charge >= 0.3 is 0 Å². The van der Waals surface area contributed by atoms with Crippen LogP contribution in [0, 0.1) is 13.8 Å². The number of benzene rings is 2. The van der Waals surface area contributed by atoms with E-state index in [4.69, 9.17) is 22.1 Å². The van der Waals surface area contributed by atoms with E-state index in [9.17, 15) is 0 Å².